The summed E-state index contributed by atoms with van der Waals surface area (Å²) in [5.74, 6) is -0.678. The zero-order valence-electron chi connectivity index (χ0n) is 12.0. The van der Waals surface area contributed by atoms with Gasteiger partial charge in [0.2, 0.25) is 0 Å². The third-order valence-electron chi connectivity index (χ3n) is 4.08. The maximum absolute atomic E-state index is 12.3. The van der Waals surface area contributed by atoms with E-state index in [1.165, 1.54) is 0 Å². The highest BCUT2D eigenvalue weighted by Crippen LogP contribution is 2.21. The van der Waals surface area contributed by atoms with Gasteiger partial charge in [-0.25, -0.2) is 4.79 Å². The smallest absolute Gasteiger partial charge is 0.339 e. The first kappa shape index (κ1) is 14.1. The van der Waals surface area contributed by atoms with Crippen molar-refractivity contribution in [3.05, 3.63) is 35.4 Å². The molecule has 1 saturated heterocycles. The van der Waals surface area contributed by atoms with Crippen LogP contribution >= 0.6 is 0 Å². The molecule has 1 aromatic rings. The van der Waals surface area contributed by atoms with E-state index in [2.05, 4.69) is 5.32 Å². The van der Waals surface area contributed by atoms with Gasteiger partial charge in [0.05, 0.1) is 17.7 Å². The van der Waals surface area contributed by atoms with Gasteiger partial charge in [0.25, 0.3) is 5.91 Å². The first-order valence-corrected chi connectivity index (χ1v) is 7.36. The van der Waals surface area contributed by atoms with Crippen molar-refractivity contribution in [1.29, 1.82) is 0 Å². The Kier molecular flexibility index (Phi) is 3.92. The second-order valence-corrected chi connectivity index (χ2v) is 5.60. The van der Waals surface area contributed by atoms with Crippen LogP contribution < -0.4 is 5.32 Å². The molecule has 2 heterocycles. The third kappa shape index (κ3) is 2.93. The lowest BCUT2D eigenvalue weighted by atomic mass is 9.98. The fraction of sp³-hybridized carbons (Fsp3) is 0.500. The van der Waals surface area contributed by atoms with Crippen LogP contribution in [0.1, 0.15) is 35.7 Å². The first-order valence-electron chi connectivity index (χ1n) is 7.36. The zero-order valence-corrected chi connectivity index (χ0v) is 12.0. The van der Waals surface area contributed by atoms with Crippen LogP contribution in [0.4, 0.5) is 0 Å². The molecule has 21 heavy (non-hydrogen) atoms. The molecule has 0 aromatic heterocycles. The minimum Gasteiger partial charge on any atom is -0.448 e. The van der Waals surface area contributed by atoms with E-state index in [0.717, 1.165) is 25.0 Å². The fourth-order valence-corrected chi connectivity index (χ4v) is 2.88. The standard InChI is InChI=1S/C16H19NO4/c1-10(13-7-4-8-20-13)17-15(18)14-9-11-5-2-3-6-12(11)16(19)21-14/h2-3,5-6,10,13-14H,4,7-9H2,1H3,(H,17,18)/t10-,13+,14+/m0/s1. The molecule has 0 radical (unpaired) electrons. The number of rotatable bonds is 3. The number of esters is 1. The summed E-state index contributed by atoms with van der Waals surface area (Å²) in [4.78, 5) is 24.2. The second kappa shape index (κ2) is 5.85. The van der Waals surface area contributed by atoms with Gasteiger partial charge < -0.3 is 14.8 Å². The van der Waals surface area contributed by atoms with Gasteiger partial charge in [0, 0.05) is 13.0 Å². The summed E-state index contributed by atoms with van der Waals surface area (Å²) in [6, 6.07) is 7.16. The molecule has 3 atom stereocenters. The molecule has 1 fully saturated rings. The lowest BCUT2D eigenvalue weighted by Gasteiger charge is -2.26. The predicted molar refractivity (Wildman–Crippen MR) is 75.9 cm³/mol. The normalized spacial score (nSPS) is 25.9. The van der Waals surface area contributed by atoms with Crippen molar-refractivity contribution >= 4 is 11.9 Å². The maximum atomic E-state index is 12.3. The Balaban J connectivity index is 1.65. The molecule has 1 aromatic carbocycles. The van der Waals surface area contributed by atoms with E-state index < -0.39 is 12.1 Å². The van der Waals surface area contributed by atoms with Crippen LogP contribution in [0, 0.1) is 0 Å². The van der Waals surface area contributed by atoms with Crippen molar-refractivity contribution in [2.75, 3.05) is 6.61 Å². The summed E-state index contributed by atoms with van der Waals surface area (Å²) in [6.07, 6.45) is 1.70. The van der Waals surface area contributed by atoms with E-state index in [1.54, 1.807) is 12.1 Å². The molecule has 1 N–H and O–H groups in total. The van der Waals surface area contributed by atoms with E-state index in [1.807, 2.05) is 19.1 Å². The van der Waals surface area contributed by atoms with Crippen molar-refractivity contribution < 1.29 is 19.1 Å². The van der Waals surface area contributed by atoms with Crippen LogP contribution in [0.5, 0.6) is 0 Å². The Morgan fingerprint density at radius 1 is 1.38 bits per heavy atom. The Hall–Kier alpha value is -1.88. The minimum atomic E-state index is -0.753. The summed E-state index contributed by atoms with van der Waals surface area (Å²) in [5.41, 5.74) is 1.41. The molecule has 112 valence electrons. The molecular formula is C16H19NO4. The topological polar surface area (TPSA) is 64.6 Å². The van der Waals surface area contributed by atoms with E-state index in [9.17, 15) is 9.59 Å². The number of hydrogen-bond acceptors (Lipinski definition) is 4. The van der Waals surface area contributed by atoms with Crippen molar-refractivity contribution in [3.8, 4) is 0 Å². The van der Waals surface area contributed by atoms with Crippen LogP contribution in [-0.2, 0) is 20.7 Å². The van der Waals surface area contributed by atoms with E-state index in [0.29, 0.717) is 12.0 Å². The molecule has 2 aliphatic rings. The Morgan fingerprint density at radius 2 is 2.19 bits per heavy atom. The highest BCUT2D eigenvalue weighted by Gasteiger charge is 2.33. The van der Waals surface area contributed by atoms with Gasteiger partial charge in [-0.15, -0.1) is 0 Å². The molecule has 0 saturated carbocycles. The highest BCUT2D eigenvalue weighted by atomic mass is 16.5. The fourth-order valence-electron chi connectivity index (χ4n) is 2.88. The molecule has 0 spiro atoms. The lowest BCUT2D eigenvalue weighted by Crippen LogP contribution is -2.48. The number of carbonyl (C=O) groups excluding carboxylic acids is 2. The summed E-state index contributed by atoms with van der Waals surface area (Å²) < 4.78 is 10.8. The monoisotopic (exact) mass is 289 g/mol. The number of cyclic esters (lactones) is 1. The van der Waals surface area contributed by atoms with Crippen molar-refractivity contribution in [1.82, 2.24) is 5.32 Å². The quantitative estimate of drug-likeness (QED) is 0.855. The SMILES string of the molecule is C[C@H](NC(=O)[C@H]1Cc2ccccc2C(=O)O1)[C@H]1CCCO1. The minimum absolute atomic E-state index is 0.0560. The van der Waals surface area contributed by atoms with Gasteiger partial charge in [-0.3, -0.25) is 4.79 Å². The molecule has 0 bridgehead atoms. The molecule has 5 heteroatoms. The van der Waals surface area contributed by atoms with E-state index in [4.69, 9.17) is 9.47 Å². The molecule has 1 amide bonds. The number of carbonyl (C=O) groups is 2. The van der Waals surface area contributed by atoms with Crippen LogP contribution in [0.3, 0.4) is 0 Å². The van der Waals surface area contributed by atoms with Gasteiger partial charge in [-0.05, 0) is 31.4 Å². The van der Waals surface area contributed by atoms with E-state index in [-0.39, 0.29) is 18.1 Å². The van der Waals surface area contributed by atoms with Crippen LogP contribution in [0.15, 0.2) is 24.3 Å². The molecule has 0 unspecified atom stereocenters. The first-order chi connectivity index (χ1) is 10.1. The molecule has 0 aliphatic carbocycles. The lowest BCUT2D eigenvalue weighted by molar-refractivity contribution is -0.131. The van der Waals surface area contributed by atoms with E-state index >= 15 is 0 Å². The van der Waals surface area contributed by atoms with Gasteiger partial charge in [-0.2, -0.15) is 0 Å². The molecular weight excluding hydrogens is 270 g/mol. The van der Waals surface area contributed by atoms with Gasteiger partial charge >= 0.3 is 5.97 Å². The Bertz CT molecular complexity index is 551. The molecule has 3 rings (SSSR count). The molecule has 5 nitrogen and oxygen atoms in total. The predicted octanol–water partition coefficient (Wildman–Crippen LogP) is 1.45. The van der Waals surface area contributed by atoms with Gasteiger partial charge in [-0.1, -0.05) is 18.2 Å². The van der Waals surface area contributed by atoms with Gasteiger partial charge in [0.1, 0.15) is 0 Å². The Morgan fingerprint density at radius 3 is 2.95 bits per heavy atom. The largest absolute Gasteiger partial charge is 0.448 e. The van der Waals surface area contributed by atoms with Crippen LogP contribution in [0.25, 0.3) is 0 Å². The Labute approximate surface area is 123 Å². The summed E-state index contributed by atoms with van der Waals surface area (Å²) in [6.45, 7) is 2.67. The number of nitrogens with one attached hydrogen (secondary N) is 1. The van der Waals surface area contributed by atoms with Gasteiger partial charge in [0.15, 0.2) is 6.10 Å². The number of amides is 1. The van der Waals surface area contributed by atoms with Crippen LogP contribution in [0.2, 0.25) is 0 Å². The molecule has 2 aliphatic heterocycles. The number of hydrogen-bond donors (Lipinski definition) is 1. The average molecular weight is 289 g/mol. The highest BCUT2D eigenvalue weighted by molar-refractivity contribution is 5.95. The van der Waals surface area contributed by atoms with Crippen molar-refractivity contribution in [2.45, 2.75) is 44.4 Å². The van der Waals surface area contributed by atoms with Crippen LogP contribution in [-0.4, -0.2) is 36.7 Å². The number of ether oxygens (including phenoxy) is 2. The number of fused-ring (bicyclic) bond motifs is 1. The van der Waals surface area contributed by atoms with Crippen molar-refractivity contribution in [2.24, 2.45) is 0 Å². The zero-order chi connectivity index (χ0) is 14.8. The summed E-state index contributed by atoms with van der Waals surface area (Å²) in [7, 11) is 0. The third-order valence-corrected chi connectivity index (χ3v) is 4.08. The average Bonchev–Trinajstić information content (AvgIpc) is 3.01. The number of benzene rings is 1. The second-order valence-electron chi connectivity index (χ2n) is 5.60. The van der Waals surface area contributed by atoms with Crippen molar-refractivity contribution in [3.63, 3.8) is 0 Å². The summed E-state index contributed by atoms with van der Waals surface area (Å²) in [5, 5.41) is 2.90. The maximum Gasteiger partial charge on any atom is 0.339 e. The summed E-state index contributed by atoms with van der Waals surface area (Å²) >= 11 is 0.